The summed E-state index contributed by atoms with van der Waals surface area (Å²) >= 11 is 0. The first kappa shape index (κ1) is 22.3. The molecule has 6 nitrogen and oxygen atoms in total. The predicted molar refractivity (Wildman–Crippen MR) is 108 cm³/mol. The molecule has 1 N–H and O–H groups in total. The molecule has 0 unspecified atom stereocenters. The summed E-state index contributed by atoms with van der Waals surface area (Å²) in [6, 6.07) is 7.50. The number of Topliss-reactive ketones (excluding diaryl/α,β-unsaturated/α-hetero) is 1. The molecule has 0 bridgehead atoms. The number of alkyl halides is 3. The molecule has 31 heavy (non-hydrogen) atoms. The molecule has 2 aromatic heterocycles. The maximum absolute atomic E-state index is 13.0. The third-order valence-electron chi connectivity index (χ3n) is 4.88. The molecule has 0 saturated heterocycles. The zero-order valence-electron chi connectivity index (χ0n) is 17.2. The predicted octanol–water partition coefficient (Wildman–Crippen LogP) is 4.65. The molecular weight excluding hydrogens is 409 g/mol. The summed E-state index contributed by atoms with van der Waals surface area (Å²) in [5.41, 5.74) is -1.15. The minimum Gasteiger partial charge on any atom is -0.304 e. The first-order valence-corrected chi connectivity index (χ1v) is 9.54. The number of benzene rings is 1. The van der Waals surface area contributed by atoms with Crippen molar-refractivity contribution in [1.82, 2.24) is 19.9 Å². The van der Waals surface area contributed by atoms with Crippen LogP contribution in [0.25, 0.3) is 11.6 Å². The number of carbonyl (C=O) groups is 1. The highest BCUT2D eigenvalue weighted by Gasteiger charge is 2.33. The topological polar surface area (TPSA) is 88.6 Å². The SMILES string of the molecule is CC(C)(C)[C@@H](CC(=O)c1cc(=O)[nH]c(-c2ncccn2)n1)c1ccc(C(F)(F)F)cc1. The van der Waals surface area contributed by atoms with Gasteiger partial charge in [-0.15, -0.1) is 0 Å². The maximum atomic E-state index is 13.0. The molecule has 0 spiro atoms. The van der Waals surface area contributed by atoms with Gasteiger partial charge < -0.3 is 4.98 Å². The van der Waals surface area contributed by atoms with E-state index < -0.39 is 28.5 Å². The Hall–Kier alpha value is -3.36. The Morgan fingerprint density at radius 1 is 1.06 bits per heavy atom. The second-order valence-corrected chi connectivity index (χ2v) is 8.22. The first-order valence-electron chi connectivity index (χ1n) is 9.54. The molecule has 2 heterocycles. The van der Waals surface area contributed by atoms with Gasteiger partial charge in [0, 0.05) is 24.9 Å². The van der Waals surface area contributed by atoms with Crippen molar-refractivity contribution < 1.29 is 18.0 Å². The Kier molecular flexibility index (Phi) is 6.06. The van der Waals surface area contributed by atoms with Gasteiger partial charge in [-0.1, -0.05) is 32.9 Å². The molecule has 0 fully saturated rings. The molecule has 1 aromatic carbocycles. The molecule has 0 radical (unpaired) electrons. The average molecular weight is 430 g/mol. The number of H-pyrrole nitrogens is 1. The number of nitrogens with zero attached hydrogens (tertiary/aromatic N) is 3. The van der Waals surface area contributed by atoms with Crippen LogP contribution >= 0.6 is 0 Å². The molecule has 0 aliphatic carbocycles. The number of nitrogens with one attached hydrogen (secondary N) is 1. The van der Waals surface area contributed by atoms with Crippen LogP contribution in [0.4, 0.5) is 13.2 Å². The highest BCUT2D eigenvalue weighted by atomic mass is 19.4. The maximum Gasteiger partial charge on any atom is 0.416 e. The number of aromatic nitrogens is 4. The van der Waals surface area contributed by atoms with Gasteiger partial charge in [-0.3, -0.25) is 9.59 Å². The lowest BCUT2D eigenvalue weighted by molar-refractivity contribution is -0.137. The lowest BCUT2D eigenvalue weighted by Crippen LogP contribution is -2.23. The number of rotatable bonds is 5. The molecule has 0 saturated carbocycles. The lowest BCUT2D eigenvalue weighted by Gasteiger charge is -2.31. The Balaban J connectivity index is 1.92. The van der Waals surface area contributed by atoms with Gasteiger partial charge in [0.25, 0.3) is 5.56 Å². The first-order chi connectivity index (χ1) is 14.4. The minimum absolute atomic E-state index is 0.0274. The van der Waals surface area contributed by atoms with Crippen LogP contribution in [0.3, 0.4) is 0 Å². The summed E-state index contributed by atoms with van der Waals surface area (Å²) < 4.78 is 38.7. The van der Waals surface area contributed by atoms with Crippen molar-refractivity contribution in [3.8, 4) is 11.6 Å². The van der Waals surface area contributed by atoms with Crippen molar-refractivity contribution in [3.63, 3.8) is 0 Å². The zero-order valence-corrected chi connectivity index (χ0v) is 17.2. The summed E-state index contributed by atoms with van der Waals surface area (Å²) in [4.78, 5) is 39.8. The van der Waals surface area contributed by atoms with Crippen LogP contribution in [0, 0.1) is 5.41 Å². The summed E-state index contributed by atoms with van der Waals surface area (Å²) in [5.74, 6) is -0.550. The van der Waals surface area contributed by atoms with E-state index >= 15 is 0 Å². The summed E-state index contributed by atoms with van der Waals surface area (Å²) in [5, 5.41) is 0. The van der Waals surface area contributed by atoms with Crippen LogP contribution in [0.2, 0.25) is 0 Å². The Labute approximate surface area is 176 Å². The summed E-state index contributed by atoms with van der Waals surface area (Å²) in [6.07, 6.45) is -1.50. The van der Waals surface area contributed by atoms with Crippen molar-refractivity contribution in [2.24, 2.45) is 5.41 Å². The largest absolute Gasteiger partial charge is 0.416 e. The zero-order chi connectivity index (χ0) is 22.8. The number of hydrogen-bond acceptors (Lipinski definition) is 5. The number of hydrogen-bond donors (Lipinski definition) is 1. The number of carbonyl (C=O) groups excluding carboxylic acids is 1. The van der Waals surface area contributed by atoms with Gasteiger partial charge >= 0.3 is 6.18 Å². The van der Waals surface area contributed by atoms with Gasteiger partial charge in [0.15, 0.2) is 17.4 Å². The van der Waals surface area contributed by atoms with Crippen molar-refractivity contribution in [3.05, 3.63) is 76.0 Å². The third kappa shape index (κ3) is 5.42. The van der Waals surface area contributed by atoms with E-state index in [4.69, 9.17) is 0 Å². The fourth-order valence-electron chi connectivity index (χ4n) is 3.25. The fourth-order valence-corrected chi connectivity index (χ4v) is 3.25. The monoisotopic (exact) mass is 430 g/mol. The van der Waals surface area contributed by atoms with E-state index in [0.29, 0.717) is 5.56 Å². The Bertz CT molecular complexity index is 1120. The second-order valence-electron chi connectivity index (χ2n) is 8.22. The van der Waals surface area contributed by atoms with Crippen molar-refractivity contribution in [1.29, 1.82) is 0 Å². The van der Waals surface area contributed by atoms with E-state index in [1.54, 1.807) is 6.07 Å². The molecule has 162 valence electrons. The highest BCUT2D eigenvalue weighted by molar-refractivity contribution is 5.95. The van der Waals surface area contributed by atoms with Crippen molar-refractivity contribution in [2.75, 3.05) is 0 Å². The van der Waals surface area contributed by atoms with Crippen molar-refractivity contribution >= 4 is 5.78 Å². The van der Waals surface area contributed by atoms with Crippen LogP contribution in [-0.2, 0) is 6.18 Å². The van der Waals surface area contributed by atoms with Gasteiger partial charge in [-0.05, 0) is 35.1 Å². The van der Waals surface area contributed by atoms with E-state index in [9.17, 15) is 22.8 Å². The van der Waals surface area contributed by atoms with E-state index in [2.05, 4.69) is 19.9 Å². The molecule has 3 rings (SSSR count). The van der Waals surface area contributed by atoms with Crippen LogP contribution in [0.5, 0.6) is 0 Å². The highest BCUT2D eigenvalue weighted by Crippen LogP contribution is 2.39. The van der Waals surface area contributed by atoms with E-state index in [-0.39, 0.29) is 29.7 Å². The smallest absolute Gasteiger partial charge is 0.304 e. The minimum atomic E-state index is -4.43. The fraction of sp³-hybridized carbons (Fsp3) is 0.318. The van der Waals surface area contributed by atoms with Crippen LogP contribution in [0.15, 0.2) is 53.6 Å². The summed E-state index contributed by atoms with van der Waals surface area (Å²) in [7, 11) is 0. The normalized spacial score (nSPS) is 13.1. The van der Waals surface area contributed by atoms with Crippen LogP contribution in [-0.4, -0.2) is 25.7 Å². The van der Waals surface area contributed by atoms with Gasteiger partial charge in [0.2, 0.25) is 0 Å². The van der Waals surface area contributed by atoms with Crippen LogP contribution < -0.4 is 5.56 Å². The van der Waals surface area contributed by atoms with Crippen LogP contribution in [0.1, 0.15) is 54.7 Å². The molecule has 1 atom stereocenters. The molecule has 3 aromatic rings. The molecule has 9 heteroatoms. The molecule has 0 aliphatic rings. The third-order valence-corrected chi connectivity index (χ3v) is 4.88. The average Bonchev–Trinajstić information content (AvgIpc) is 2.70. The molecule has 0 amide bonds. The van der Waals surface area contributed by atoms with E-state index in [1.807, 2.05) is 20.8 Å². The van der Waals surface area contributed by atoms with E-state index in [0.717, 1.165) is 18.2 Å². The Morgan fingerprint density at radius 2 is 1.68 bits per heavy atom. The quantitative estimate of drug-likeness (QED) is 0.596. The Morgan fingerprint density at radius 3 is 2.23 bits per heavy atom. The molecular formula is C22H21F3N4O2. The van der Waals surface area contributed by atoms with Gasteiger partial charge in [-0.2, -0.15) is 13.2 Å². The standard InChI is InChI=1S/C22H21F3N4O2/c1-21(2,3)15(13-5-7-14(8-6-13)22(23,24)25)11-17(30)16-12-18(31)29-20(28-16)19-26-9-4-10-27-19/h4-10,12,15H,11H2,1-3H3,(H,28,29,31)/t15-/m0/s1. The van der Waals surface area contributed by atoms with Crippen molar-refractivity contribution in [2.45, 2.75) is 39.3 Å². The number of aromatic amines is 1. The van der Waals surface area contributed by atoms with Gasteiger partial charge in [0.1, 0.15) is 5.69 Å². The number of ketones is 1. The van der Waals surface area contributed by atoms with Gasteiger partial charge in [0.05, 0.1) is 5.56 Å². The number of halogens is 3. The van der Waals surface area contributed by atoms with Gasteiger partial charge in [-0.25, -0.2) is 15.0 Å². The second kappa shape index (κ2) is 8.41. The molecule has 0 aliphatic heterocycles. The lowest BCUT2D eigenvalue weighted by atomic mass is 9.73. The summed E-state index contributed by atoms with van der Waals surface area (Å²) in [6.45, 7) is 5.70. The van der Waals surface area contributed by atoms with E-state index in [1.165, 1.54) is 24.5 Å².